The minimum Gasteiger partial charge on any atom is -0.0888 e. The van der Waals surface area contributed by atoms with Crippen LogP contribution in [-0.2, 0) is 0 Å². The maximum absolute atomic E-state index is 3.11. The van der Waals surface area contributed by atoms with Crippen LogP contribution >= 0.6 is 11.8 Å². The molecule has 1 heteroatoms. The summed E-state index contributed by atoms with van der Waals surface area (Å²) in [7, 11) is 0. The second-order valence-electron chi connectivity index (χ2n) is 2.41. The SMILES string of the molecule is [c]1cc[c]c(Sc2[c]cc[c]c2)c1. The maximum Gasteiger partial charge on any atom is 0.0207 e. The summed E-state index contributed by atoms with van der Waals surface area (Å²) in [6.45, 7) is 0. The highest BCUT2D eigenvalue weighted by Gasteiger charge is 1.94. The lowest BCUT2D eigenvalue weighted by atomic mass is 10.4. The van der Waals surface area contributed by atoms with E-state index in [0.717, 1.165) is 9.79 Å². The Bertz CT molecular complexity index is 316. The van der Waals surface area contributed by atoms with Gasteiger partial charge in [0.15, 0.2) is 0 Å². The number of hydrogen-bond acceptors (Lipinski definition) is 1. The molecule has 0 bridgehead atoms. The van der Waals surface area contributed by atoms with E-state index in [2.05, 4.69) is 24.3 Å². The van der Waals surface area contributed by atoms with Gasteiger partial charge in [-0.25, -0.2) is 0 Å². The van der Waals surface area contributed by atoms with E-state index in [9.17, 15) is 0 Å². The minimum absolute atomic E-state index is 1.05. The first-order chi connectivity index (χ1) is 6.45. The van der Waals surface area contributed by atoms with Crippen molar-refractivity contribution in [3.63, 3.8) is 0 Å². The lowest BCUT2D eigenvalue weighted by molar-refractivity contribution is 1.38. The predicted octanol–water partition coefficient (Wildman–Crippen LogP) is 3.04. The zero-order valence-electron chi connectivity index (χ0n) is 6.87. The van der Waals surface area contributed by atoms with Crippen LogP contribution < -0.4 is 0 Å². The van der Waals surface area contributed by atoms with Gasteiger partial charge in [-0.1, -0.05) is 36.0 Å². The number of benzene rings is 2. The fraction of sp³-hybridized carbons (Fsp3) is 0. The van der Waals surface area contributed by atoms with Crippen molar-refractivity contribution in [2.24, 2.45) is 0 Å². The molecular formula is C12H6S. The number of rotatable bonds is 2. The van der Waals surface area contributed by atoms with Gasteiger partial charge in [0.05, 0.1) is 0 Å². The molecule has 0 unspecified atom stereocenters. The Morgan fingerprint density at radius 3 is 1.69 bits per heavy atom. The first kappa shape index (κ1) is 8.39. The standard InChI is InChI=1S/C12H6S/c1-3-7-11(8-4-1)13-12-9-5-2-6-10-12/h1-3,5,8,10H. The van der Waals surface area contributed by atoms with Crippen LogP contribution in [0.25, 0.3) is 0 Å². The van der Waals surface area contributed by atoms with Crippen LogP contribution in [0.15, 0.2) is 46.2 Å². The van der Waals surface area contributed by atoms with Gasteiger partial charge in [0.25, 0.3) is 0 Å². The molecule has 2 rings (SSSR count). The van der Waals surface area contributed by atoms with Crippen molar-refractivity contribution < 1.29 is 0 Å². The predicted molar refractivity (Wildman–Crippen MR) is 52.4 cm³/mol. The van der Waals surface area contributed by atoms with Crippen LogP contribution in [0.5, 0.6) is 0 Å². The first-order valence-electron chi connectivity index (χ1n) is 3.88. The quantitative estimate of drug-likeness (QED) is 0.688. The highest BCUT2D eigenvalue weighted by molar-refractivity contribution is 7.99. The van der Waals surface area contributed by atoms with Crippen LogP contribution in [0, 0.1) is 24.3 Å². The van der Waals surface area contributed by atoms with E-state index in [1.807, 2.05) is 36.4 Å². The van der Waals surface area contributed by atoms with Crippen LogP contribution in [0.4, 0.5) is 0 Å². The summed E-state index contributed by atoms with van der Waals surface area (Å²) in [5, 5.41) is 0. The van der Waals surface area contributed by atoms with Crippen molar-refractivity contribution in [1.82, 2.24) is 0 Å². The molecule has 0 N–H and O–H groups in total. The van der Waals surface area contributed by atoms with Gasteiger partial charge in [0, 0.05) is 9.79 Å². The first-order valence-corrected chi connectivity index (χ1v) is 4.70. The van der Waals surface area contributed by atoms with Gasteiger partial charge in [-0.3, -0.25) is 0 Å². The fourth-order valence-corrected chi connectivity index (χ4v) is 1.66. The third-order valence-electron chi connectivity index (χ3n) is 1.46. The van der Waals surface area contributed by atoms with E-state index in [4.69, 9.17) is 0 Å². The van der Waals surface area contributed by atoms with Crippen LogP contribution in [0.3, 0.4) is 0 Å². The molecule has 0 aromatic heterocycles. The lowest BCUT2D eigenvalue weighted by Gasteiger charge is -1.98. The van der Waals surface area contributed by atoms with E-state index in [0.29, 0.717) is 0 Å². The average Bonchev–Trinajstić information content (AvgIpc) is 2.21. The molecule has 0 aliphatic rings. The normalized spacial score (nSPS) is 9.85. The Hall–Kier alpha value is -1.21. The Balaban J connectivity index is 2.16. The molecule has 0 saturated carbocycles. The Morgan fingerprint density at radius 1 is 0.769 bits per heavy atom. The van der Waals surface area contributed by atoms with Gasteiger partial charge in [0.2, 0.25) is 0 Å². The monoisotopic (exact) mass is 182 g/mol. The van der Waals surface area contributed by atoms with Gasteiger partial charge in [-0.15, -0.1) is 0 Å². The lowest BCUT2D eigenvalue weighted by Crippen LogP contribution is -1.72. The van der Waals surface area contributed by atoms with Gasteiger partial charge >= 0.3 is 0 Å². The van der Waals surface area contributed by atoms with E-state index in [1.54, 1.807) is 11.8 Å². The second kappa shape index (κ2) is 4.15. The summed E-state index contributed by atoms with van der Waals surface area (Å²) in [4.78, 5) is 2.11. The van der Waals surface area contributed by atoms with Crippen molar-refractivity contribution >= 4 is 11.8 Å². The molecule has 0 fully saturated rings. The van der Waals surface area contributed by atoms with Gasteiger partial charge in [-0.05, 0) is 36.4 Å². The highest BCUT2D eigenvalue weighted by Crippen LogP contribution is 2.25. The molecule has 13 heavy (non-hydrogen) atoms. The van der Waals surface area contributed by atoms with Crippen LogP contribution in [0.2, 0.25) is 0 Å². The molecule has 2 aromatic carbocycles. The molecular weight excluding hydrogens is 176 g/mol. The summed E-state index contributed by atoms with van der Waals surface area (Å²) in [5.41, 5.74) is 0. The third kappa shape index (κ3) is 2.36. The zero-order valence-corrected chi connectivity index (χ0v) is 7.69. The van der Waals surface area contributed by atoms with Crippen molar-refractivity contribution in [3.8, 4) is 0 Å². The van der Waals surface area contributed by atoms with Gasteiger partial charge in [0.1, 0.15) is 0 Å². The smallest absolute Gasteiger partial charge is 0.0207 e. The van der Waals surface area contributed by atoms with Crippen molar-refractivity contribution in [2.75, 3.05) is 0 Å². The minimum atomic E-state index is 1.05. The van der Waals surface area contributed by atoms with Crippen LogP contribution in [0.1, 0.15) is 0 Å². The molecule has 60 valence electrons. The summed E-state index contributed by atoms with van der Waals surface area (Å²) >= 11 is 1.61. The Morgan fingerprint density at radius 2 is 1.31 bits per heavy atom. The summed E-state index contributed by atoms with van der Waals surface area (Å²) < 4.78 is 0. The highest BCUT2D eigenvalue weighted by atomic mass is 32.2. The van der Waals surface area contributed by atoms with Crippen LogP contribution in [-0.4, -0.2) is 0 Å². The molecule has 0 aliphatic carbocycles. The summed E-state index contributed by atoms with van der Waals surface area (Å²) in [6, 6.07) is 23.4. The maximum atomic E-state index is 3.11. The van der Waals surface area contributed by atoms with Gasteiger partial charge in [-0.2, -0.15) is 0 Å². The molecule has 0 saturated heterocycles. The van der Waals surface area contributed by atoms with Crippen molar-refractivity contribution in [1.29, 1.82) is 0 Å². The Labute approximate surface area is 82.6 Å². The van der Waals surface area contributed by atoms with Crippen molar-refractivity contribution in [3.05, 3.63) is 60.7 Å². The average molecular weight is 182 g/mol. The molecule has 0 heterocycles. The van der Waals surface area contributed by atoms with E-state index in [1.165, 1.54) is 0 Å². The molecule has 0 atom stereocenters. The molecule has 4 radical (unpaired) electrons. The summed E-state index contributed by atoms with van der Waals surface area (Å²) in [5.74, 6) is 0. The number of hydrogen-bond donors (Lipinski definition) is 0. The van der Waals surface area contributed by atoms with Gasteiger partial charge < -0.3 is 0 Å². The molecule has 0 aliphatic heterocycles. The van der Waals surface area contributed by atoms with E-state index in [-0.39, 0.29) is 0 Å². The largest absolute Gasteiger partial charge is 0.0888 e. The molecule has 0 spiro atoms. The molecule has 0 nitrogen and oxygen atoms in total. The topological polar surface area (TPSA) is 0 Å². The van der Waals surface area contributed by atoms with E-state index < -0.39 is 0 Å². The zero-order chi connectivity index (χ0) is 8.93. The fourth-order valence-electron chi connectivity index (χ4n) is 0.911. The molecule has 2 aromatic rings. The van der Waals surface area contributed by atoms with E-state index >= 15 is 0 Å². The van der Waals surface area contributed by atoms with Crippen molar-refractivity contribution in [2.45, 2.75) is 9.79 Å². The third-order valence-corrected chi connectivity index (χ3v) is 2.37. The summed E-state index contributed by atoms with van der Waals surface area (Å²) in [6.07, 6.45) is 0. The Kier molecular flexibility index (Phi) is 2.68. The molecule has 0 amide bonds. The second-order valence-corrected chi connectivity index (χ2v) is 3.49.